The predicted octanol–water partition coefficient (Wildman–Crippen LogP) is 8.85. The SMILES string of the molecule is Brc1ccc(-c2ccccc2)cc1-n1c2ccccc2c2cc3c(cc21)[nH]c1ccccc13. The molecule has 33 heavy (non-hydrogen) atoms. The molecule has 0 aliphatic carbocycles. The van der Waals surface area contributed by atoms with E-state index in [1.54, 1.807) is 0 Å². The van der Waals surface area contributed by atoms with Crippen LogP contribution in [-0.4, -0.2) is 9.55 Å². The summed E-state index contributed by atoms with van der Waals surface area (Å²) in [6.45, 7) is 0. The zero-order chi connectivity index (χ0) is 21.9. The Hall–Kier alpha value is -3.82. The Balaban J connectivity index is 1.60. The van der Waals surface area contributed by atoms with Gasteiger partial charge in [0, 0.05) is 37.1 Å². The Morgan fingerprint density at radius 1 is 0.515 bits per heavy atom. The van der Waals surface area contributed by atoms with Crippen molar-refractivity contribution in [3.05, 3.63) is 114 Å². The lowest BCUT2D eigenvalue weighted by Crippen LogP contribution is -1.96. The molecule has 0 amide bonds. The van der Waals surface area contributed by atoms with Gasteiger partial charge in [-0.25, -0.2) is 0 Å². The van der Waals surface area contributed by atoms with Gasteiger partial charge in [-0.1, -0.05) is 72.8 Å². The van der Waals surface area contributed by atoms with E-state index in [0.29, 0.717) is 0 Å². The van der Waals surface area contributed by atoms with E-state index in [1.807, 2.05) is 0 Å². The Morgan fingerprint density at radius 2 is 1.27 bits per heavy atom. The van der Waals surface area contributed by atoms with Crippen LogP contribution in [0.3, 0.4) is 0 Å². The fourth-order valence-corrected chi connectivity index (χ4v) is 5.49. The van der Waals surface area contributed by atoms with Crippen molar-refractivity contribution >= 4 is 59.5 Å². The summed E-state index contributed by atoms with van der Waals surface area (Å²) in [5, 5.41) is 5.05. The minimum absolute atomic E-state index is 1.07. The molecule has 2 aromatic heterocycles. The van der Waals surface area contributed by atoms with Crippen LogP contribution in [0.5, 0.6) is 0 Å². The second-order valence-electron chi connectivity index (χ2n) is 8.47. The topological polar surface area (TPSA) is 20.7 Å². The number of halogens is 1. The fraction of sp³-hybridized carbons (Fsp3) is 0. The van der Waals surface area contributed by atoms with Gasteiger partial charge in [-0.3, -0.25) is 0 Å². The Labute approximate surface area is 199 Å². The van der Waals surface area contributed by atoms with E-state index in [0.717, 1.165) is 15.7 Å². The van der Waals surface area contributed by atoms with Gasteiger partial charge in [0.25, 0.3) is 0 Å². The van der Waals surface area contributed by atoms with Crippen LogP contribution in [0.4, 0.5) is 0 Å². The predicted molar refractivity (Wildman–Crippen MR) is 143 cm³/mol. The molecule has 7 aromatic rings. The highest BCUT2D eigenvalue weighted by Gasteiger charge is 2.17. The van der Waals surface area contributed by atoms with Crippen molar-refractivity contribution in [1.29, 1.82) is 0 Å². The minimum Gasteiger partial charge on any atom is -0.354 e. The van der Waals surface area contributed by atoms with Crippen LogP contribution in [0, 0.1) is 0 Å². The van der Waals surface area contributed by atoms with Crippen molar-refractivity contribution in [1.82, 2.24) is 9.55 Å². The third-order valence-corrected chi connectivity index (χ3v) is 7.26. The highest BCUT2D eigenvalue weighted by atomic mass is 79.9. The molecule has 0 atom stereocenters. The van der Waals surface area contributed by atoms with E-state index in [4.69, 9.17) is 0 Å². The molecule has 2 heterocycles. The quantitative estimate of drug-likeness (QED) is 0.252. The molecule has 0 radical (unpaired) electrons. The maximum Gasteiger partial charge on any atom is 0.0610 e. The van der Waals surface area contributed by atoms with Crippen LogP contribution in [0.1, 0.15) is 0 Å². The van der Waals surface area contributed by atoms with Crippen molar-refractivity contribution in [2.24, 2.45) is 0 Å². The number of para-hydroxylation sites is 2. The van der Waals surface area contributed by atoms with Gasteiger partial charge in [-0.2, -0.15) is 0 Å². The van der Waals surface area contributed by atoms with Crippen LogP contribution in [0.25, 0.3) is 60.4 Å². The molecule has 0 unspecified atom stereocenters. The molecule has 5 aromatic carbocycles. The van der Waals surface area contributed by atoms with Gasteiger partial charge in [0.2, 0.25) is 0 Å². The fourth-order valence-electron chi connectivity index (χ4n) is 5.07. The van der Waals surface area contributed by atoms with Crippen molar-refractivity contribution in [3.63, 3.8) is 0 Å². The summed E-state index contributed by atoms with van der Waals surface area (Å²) in [6.07, 6.45) is 0. The second-order valence-corrected chi connectivity index (χ2v) is 9.32. The molecule has 156 valence electrons. The van der Waals surface area contributed by atoms with Gasteiger partial charge in [-0.05, 0) is 63.5 Å². The number of benzene rings is 5. The molecule has 3 heteroatoms. The van der Waals surface area contributed by atoms with Gasteiger partial charge < -0.3 is 9.55 Å². The molecule has 0 bridgehead atoms. The van der Waals surface area contributed by atoms with Gasteiger partial charge in [-0.15, -0.1) is 0 Å². The van der Waals surface area contributed by atoms with E-state index in [9.17, 15) is 0 Å². The first kappa shape index (κ1) is 18.7. The van der Waals surface area contributed by atoms with Crippen LogP contribution in [0.15, 0.2) is 114 Å². The summed E-state index contributed by atoms with van der Waals surface area (Å²) in [4.78, 5) is 3.62. The number of nitrogens with one attached hydrogen (secondary N) is 1. The van der Waals surface area contributed by atoms with E-state index < -0.39 is 0 Å². The zero-order valence-corrected chi connectivity index (χ0v) is 19.3. The second kappa shape index (κ2) is 7.09. The first-order valence-electron chi connectivity index (χ1n) is 11.1. The summed E-state index contributed by atoms with van der Waals surface area (Å²) in [5.74, 6) is 0. The number of hydrogen-bond donors (Lipinski definition) is 1. The smallest absolute Gasteiger partial charge is 0.0610 e. The molecule has 7 rings (SSSR count). The maximum absolute atomic E-state index is 3.85. The standard InChI is InChI=1S/C30H19BrN2/c31-25-15-14-20(19-8-2-1-3-9-19)16-30(25)33-28-13-7-5-11-22(28)24-17-23-21-10-4-6-12-26(21)32-27(23)18-29(24)33/h1-18,32H. The molecule has 0 aliphatic heterocycles. The zero-order valence-electron chi connectivity index (χ0n) is 17.7. The van der Waals surface area contributed by atoms with Crippen molar-refractivity contribution < 1.29 is 0 Å². The van der Waals surface area contributed by atoms with Crippen LogP contribution in [0.2, 0.25) is 0 Å². The molecule has 0 aliphatic rings. The molecular weight excluding hydrogens is 468 g/mol. The maximum atomic E-state index is 3.85. The van der Waals surface area contributed by atoms with Gasteiger partial charge in [0.15, 0.2) is 0 Å². The van der Waals surface area contributed by atoms with Crippen LogP contribution < -0.4 is 0 Å². The number of rotatable bonds is 2. The average molecular weight is 487 g/mol. The van der Waals surface area contributed by atoms with Gasteiger partial charge in [0.05, 0.1) is 16.7 Å². The third-order valence-electron chi connectivity index (χ3n) is 6.59. The average Bonchev–Trinajstić information content (AvgIpc) is 3.38. The van der Waals surface area contributed by atoms with Crippen molar-refractivity contribution in [3.8, 4) is 16.8 Å². The van der Waals surface area contributed by atoms with E-state index in [1.165, 1.54) is 49.2 Å². The number of nitrogens with zero attached hydrogens (tertiary/aromatic N) is 1. The number of aromatic nitrogens is 2. The normalized spacial score (nSPS) is 11.8. The summed E-state index contributed by atoms with van der Waals surface area (Å²) >= 11 is 3.85. The van der Waals surface area contributed by atoms with Crippen molar-refractivity contribution in [2.75, 3.05) is 0 Å². The first-order valence-corrected chi connectivity index (χ1v) is 11.9. The molecule has 1 N–H and O–H groups in total. The summed E-state index contributed by atoms with van der Waals surface area (Å²) in [5.41, 5.74) is 8.28. The number of H-pyrrole nitrogens is 1. The number of aromatic amines is 1. The van der Waals surface area contributed by atoms with E-state index in [-0.39, 0.29) is 0 Å². The van der Waals surface area contributed by atoms with Gasteiger partial charge in [0.1, 0.15) is 0 Å². The molecule has 0 saturated carbocycles. The molecular formula is C30H19BrN2. The van der Waals surface area contributed by atoms with Gasteiger partial charge >= 0.3 is 0 Å². The Kier molecular flexibility index (Phi) is 4.02. The first-order chi connectivity index (χ1) is 16.3. The summed E-state index contributed by atoms with van der Waals surface area (Å²) in [7, 11) is 0. The monoisotopic (exact) mass is 486 g/mol. The summed E-state index contributed by atoms with van der Waals surface area (Å²) < 4.78 is 3.45. The van der Waals surface area contributed by atoms with Crippen LogP contribution in [-0.2, 0) is 0 Å². The van der Waals surface area contributed by atoms with E-state index >= 15 is 0 Å². The lowest BCUT2D eigenvalue weighted by Gasteiger charge is -2.13. The lowest BCUT2D eigenvalue weighted by molar-refractivity contribution is 1.17. The number of hydrogen-bond acceptors (Lipinski definition) is 0. The van der Waals surface area contributed by atoms with Crippen LogP contribution >= 0.6 is 15.9 Å². The lowest BCUT2D eigenvalue weighted by atomic mass is 10.1. The highest BCUT2D eigenvalue weighted by Crippen LogP contribution is 2.39. The number of fused-ring (bicyclic) bond motifs is 6. The molecule has 2 nitrogen and oxygen atoms in total. The third kappa shape index (κ3) is 2.79. The van der Waals surface area contributed by atoms with Crippen molar-refractivity contribution in [2.45, 2.75) is 0 Å². The largest absolute Gasteiger partial charge is 0.354 e. The Morgan fingerprint density at radius 3 is 2.15 bits per heavy atom. The molecule has 0 fully saturated rings. The van der Waals surface area contributed by atoms with E-state index in [2.05, 4.69) is 135 Å². The molecule has 0 saturated heterocycles. The highest BCUT2D eigenvalue weighted by molar-refractivity contribution is 9.10. The Bertz CT molecular complexity index is 1820. The minimum atomic E-state index is 1.07. The summed E-state index contributed by atoms with van der Waals surface area (Å²) in [6, 6.07) is 39.0. The molecule has 0 spiro atoms.